The third-order valence-electron chi connectivity index (χ3n) is 5.13. The van der Waals surface area contributed by atoms with Crippen molar-refractivity contribution in [2.45, 2.75) is 0 Å². The van der Waals surface area contributed by atoms with Crippen molar-refractivity contribution in [3.63, 3.8) is 0 Å². The molecule has 136 valence electrons. The zero-order valence-corrected chi connectivity index (χ0v) is 17.4. The first-order valence-corrected chi connectivity index (χ1v) is 11.2. The average Bonchev–Trinajstić information content (AvgIpc) is 2.80. The number of fused-ring (bicyclic) bond motifs is 3. The van der Waals surface area contributed by atoms with Gasteiger partial charge in [-0.05, 0) is 0 Å². The standard InChI is InChI=1S/C27H17NSe/c28-18-19-15-16-23-22-13-7-8-14-24(22)27(29-21-11-5-2-6-12-21)26(25(23)17-19)20-9-3-1-4-10-20/h1-17H. The van der Waals surface area contributed by atoms with Gasteiger partial charge in [0.05, 0.1) is 0 Å². The van der Waals surface area contributed by atoms with Crippen LogP contribution >= 0.6 is 0 Å². The Hall–Kier alpha value is -3.37. The SMILES string of the molecule is N#Cc1ccc2c(c1)c(-c1ccccc1)c([Se]c1ccccc1)c1ccccc12. The topological polar surface area (TPSA) is 23.8 Å². The zero-order valence-electron chi connectivity index (χ0n) is 15.7. The molecule has 0 aliphatic rings. The van der Waals surface area contributed by atoms with Crippen LogP contribution in [0, 0.1) is 11.3 Å². The fraction of sp³-hybridized carbons (Fsp3) is 0. The number of hydrogen-bond donors (Lipinski definition) is 0. The van der Waals surface area contributed by atoms with Crippen LogP contribution in [0.2, 0.25) is 0 Å². The van der Waals surface area contributed by atoms with E-state index < -0.39 is 0 Å². The van der Waals surface area contributed by atoms with Crippen molar-refractivity contribution in [1.82, 2.24) is 0 Å². The Morgan fingerprint density at radius 1 is 0.586 bits per heavy atom. The molecule has 1 nitrogen and oxygen atoms in total. The predicted octanol–water partition coefficient (Wildman–Crippen LogP) is 5.19. The minimum absolute atomic E-state index is 0.142. The van der Waals surface area contributed by atoms with E-state index in [1.807, 2.05) is 6.07 Å². The fourth-order valence-corrected chi connectivity index (χ4v) is 6.24. The molecule has 0 aliphatic heterocycles. The normalized spacial score (nSPS) is 10.9. The average molecular weight is 434 g/mol. The van der Waals surface area contributed by atoms with Gasteiger partial charge in [0.15, 0.2) is 0 Å². The number of nitriles is 1. The van der Waals surface area contributed by atoms with Crippen molar-refractivity contribution in [2.75, 3.05) is 0 Å². The molecule has 5 aromatic carbocycles. The van der Waals surface area contributed by atoms with Crippen LogP contribution in [0.15, 0.2) is 103 Å². The predicted molar refractivity (Wildman–Crippen MR) is 123 cm³/mol. The Morgan fingerprint density at radius 2 is 1.21 bits per heavy atom. The van der Waals surface area contributed by atoms with Crippen LogP contribution < -0.4 is 8.92 Å². The van der Waals surface area contributed by atoms with Gasteiger partial charge in [0.25, 0.3) is 0 Å². The van der Waals surface area contributed by atoms with E-state index in [9.17, 15) is 5.26 Å². The maximum absolute atomic E-state index is 9.53. The van der Waals surface area contributed by atoms with E-state index >= 15 is 0 Å². The van der Waals surface area contributed by atoms with Crippen LogP contribution in [-0.2, 0) is 0 Å². The molecule has 5 rings (SSSR count). The molecule has 0 amide bonds. The molecule has 5 aromatic rings. The summed E-state index contributed by atoms with van der Waals surface area (Å²) in [5, 5.41) is 14.4. The molecular weight excluding hydrogens is 417 g/mol. The number of benzene rings is 5. The van der Waals surface area contributed by atoms with Crippen LogP contribution in [0.4, 0.5) is 0 Å². The molecule has 0 unspecified atom stereocenters. The van der Waals surface area contributed by atoms with Crippen molar-refractivity contribution in [1.29, 1.82) is 5.26 Å². The summed E-state index contributed by atoms with van der Waals surface area (Å²) >= 11 is 0.142. The zero-order chi connectivity index (χ0) is 19.6. The first-order chi connectivity index (χ1) is 14.3. The van der Waals surface area contributed by atoms with Crippen molar-refractivity contribution in [3.05, 3.63) is 109 Å². The first-order valence-electron chi connectivity index (χ1n) is 9.52. The van der Waals surface area contributed by atoms with E-state index in [0.29, 0.717) is 5.56 Å². The van der Waals surface area contributed by atoms with Crippen LogP contribution in [0.25, 0.3) is 32.7 Å². The Bertz CT molecular complexity index is 1370. The summed E-state index contributed by atoms with van der Waals surface area (Å²) in [5.41, 5.74) is 3.15. The molecule has 0 radical (unpaired) electrons. The molecular formula is C27H17NSe. The summed E-state index contributed by atoms with van der Waals surface area (Å²) < 4.78 is 2.71. The van der Waals surface area contributed by atoms with E-state index in [-0.39, 0.29) is 15.0 Å². The number of rotatable bonds is 3. The van der Waals surface area contributed by atoms with E-state index in [1.165, 1.54) is 36.2 Å². The van der Waals surface area contributed by atoms with E-state index in [1.54, 1.807) is 0 Å². The van der Waals surface area contributed by atoms with Crippen LogP contribution in [0.3, 0.4) is 0 Å². The van der Waals surface area contributed by atoms with Crippen molar-refractivity contribution in [3.8, 4) is 17.2 Å². The van der Waals surface area contributed by atoms with E-state index in [0.717, 1.165) is 5.39 Å². The molecule has 0 aliphatic carbocycles. The molecule has 0 atom stereocenters. The van der Waals surface area contributed by atoms with Crippen LogP contribution in [0.1, 0.15) is 5.56 Å². The second-order valence-electron chi connectivity index (χ2n) is 6.90. The summed E-state index contributed by atoms with van der Waals surface area (Å²) in [6, 6.07) is 38.3. The van der Waals surface area contributed by atoms with Gasteiger partial charge in [0.1, 0.15) is 0 Å². The fourth-order valence-electron chi connectivity index (χ4n) is 3.83. The molecule has 0 N–H and O–H groups in total. The van der Waals surface area contributed by atoms with Crippen molar-refractivity contribution >= 4 is 45.4 Å². The first kappa shape index (κ1) is 17.7. The molecule has 2 heteroatoms. The van der Waals surface area contributed by atoms with E-state index in [2.05, 4.69) is 103 Å². The Kier molecular flexibility index (Phi) is 4.62. The van der Waals surface area contributed by atoms with Gasteiger partial charge in [-0.1, -0.05) is 0 Å². The maximum atomic E-state index is 9.53. The number of hydrogen-bond acceptors (Lipinski definition) is 1. The molecule has 0 saturated heterocycles. The molecule has 0 heterocycles. The van der Waals surface area contributed by atoms with Crippen molar-refractivity contribution < 1.29 is 0 Å². The Morgan fingerprint density at radius 3 is 1.93 bits per heavy atom. The summed E-state index contributed by atoms with van der Waals surface area (Å²) in [6.45, 7) is 0. The monoisotopic (exact) mass is 435 g/mol. The molecule has 29 heavy (non-hydrogen) atoms. The summed E-state index contributed by atoms with van der Waals surface area (Å²) in [4.78, 5) is 0. The minimum atomic E-state index is 0.142. The third kappa shape index (κ3) is 3.22. The second-order valence-corrected chi connectivity index (χ2v) is 9.18. The van der Waals surface area contributed by atoms with Gasteiger partial charge in [-0.25, -0.2) is 0 Å². The quantitative estimate of drug-likeness (QED) is 0.283. The number of nitrogens with zero attached hydrogens (tertiary/aromatic N) is 1. The molecule has 0 saturated carbocycles. The Labute approximate surface area is 176 Å². The molecule has 0 fully saturated rings. The summed E-state index contributed by atoms with van der Waals surface area (Å²) in [5.74, 6) is 0. The van der Waals surface area contributed by atoms with Crippen molar-refractivity contribution in [2.24, 2.45) is 0 Å². The van der Waals surface area contributed by atoms with Gasteiger partial charge in [0.2, 0.25) is 0 Å². The molecule has 0 spiro atoms. The van der Waals surface area contributed by atoms with Gasteiger partial charge in [0, 0.05) is 0 Å². The third-order valence-corrected chi connectivity index (χ3v) is 7.52. The van der Waals surface area contributed by atoms with Gasteiger partial charge < -0.3 is 0 Å². The Balaban J connectivity index is 1.94. The molecule has 0 aromatic heterocycles. The van der Waals surface area contributed by atoms with Gasteiger partial charge in [-0.3, -0.25) is 0 Å². The molecule has 0 bridgehead atoms. The van der Waals surface area contributed by atoms with Gasteiger partial charge in [-0.2, -0.15) is 0 Å². The summed E-state index contributed by atoms with van der Waals surface area (Å²) in [7, 11) is 0. The second kappa shape index (κ2) is 7.57. The van der Waals surface area contributed by atoms with Gasteiger partial charge >= 0.3 is 177 Å². The van der Waals surface area contributed by atoms with Crippen LogP contribution in [-0.4, -0.2) is 15.0 Å². The van der Waals surface area contributed by atoms with Gasteiger partial charge in [-0.15, -0.1) is 0 Å². The van der Waals surface area contributed by atoms with E-state index in [4.69, 9.17) is 0 Å². The van der Waals surface area contributed by atoms with Crippen LogP contribution in [0.5, 0.6) is 0 Å². The summed E-state index contributed by atoms with van der Waals surface area (Å²) in [6.07, 6.45) is 0.